The lowest BCUT2D eigenvalue weighted by molar-refractivity contribution is 0.673. The minimum Gasteiger partial charge on any atom is -0.455 e. The highest BCUT2D eigenvalue weighted by Gasteiger charge is 2.22. The molecule has 0 aliphatic rings. The van der Waals surface area contributed by atoms with E-state index in [1.165, 1.54) is 81.9 Å². The molecule has 236 valence electrons. The Labute approximate surface area is 294 Å². The van der Waals surface area contributed by atoms with E-state index in [2.05, 4.69) is 182 Å². The van der Waals surface area contributed by atoms with Crippen LogP contribution in [0.4, 0.5) is 0 Å². The molecule has 0 fully saturated rings. The lowest BCUT2D eigenvalue weighted by atomic mass is 9.82. The van der Waals surface area contributed by atoms with Crippen molar-refractivity contribution in [1.29, 1.82) is 0 Å². The Bertz CT molecular complexity index is 3180. The van der Waals surface area contributed by atoms with Gasteiger partial charge < -0.3 is 4.42 Å². The van der Waals surface area contributed by atoms with Crippen molar-refractivity contribution in [3.8, 4) is 33.4 Å². The quantitative estimate of drug-likeness (QED) is 0.138. The number of furan rings is 1. The molecule has 1 aromatic heterocycles. The molecular weight excluding hydrogens is 617 g/mol. The van der Waals surface area contributed by atoms with Crippen LogP contribution in [-0.2, 0) is 0 Å². The number of rotatable bonds is 3. The van der Waals surface area contributed by atoms with Crippen molar-refractivity contribution in [2.75, 3.05) is 0 Å². The zero-order valence-corrected chi connectivity index (χ0v) is 27.7. The summed E-state index contributed by atoms with van der Waals surface area (Å²) in [5.74, 6) is 0. The third-order valence-electron chi connectivity index (χ3n) is 10.8. The summed E-state index contributed by atoms with van der Waals surface area (Å²) in [5, 5.41) is 14.6. The van der Waals surface area contributed by atoms with Crippen LogP contribution in [0.1, 0.15) is 0 Å². The van der Waals surface area contributed by atoms with E-state index in [0.717, 1.165) is 27.3 Å². The Morgan fingerprint density at radius 2 is 0.863 bits per heavy atom. The molecule has 0 saturated carbocycles. The Kier molecular flexibility index (Phi) is 6.02. The summed E-state index contributed by atoms with van der Waals surface area (Å²) in [5.41, 5.74) is 9.17. The Hall–Kier alpha value is -6.70. The summed E-state index contributed by atoms with van der Waals surface area (Å²) in [6, 6.07) is 66.3. The first-order chi connectivity index (χ1) is 25.3. The highest BCUT2D eigenvalue weighted by atomic mass is 16.3. The van der Waals surface area contributed by atoms with Crippen molar-refractivity contribution in [1.82, 2.24) is 0 Å². The minimum atomic E-state index is 0.903. The summed E-state index contributed by atoms with van der Waals surface area (Å²) >= 11 is 0. The van der Waals surface area contributed by atoms with Gasteiger partial charge in [-0.1, -0.05) is 164 Å². The van der Waals surface area contributed by atoms with Gasteiger partial charge in [0.1, 0.15) is 11.2 Å². The van der Waals surface area contributed by atoms with E-state index in [0.29, 0.717) is 0 Å². The molecule has 1 heteroatoms. The maximum Gasteiger partial charge on any atom is 0.143 e. The van der Waals surface area contributed by atoms with E-state index in [1.54, 1.807) is 0 Å². The van der Waals surface area contributed by atoms with Gasteiger partial charge in [-0.25, -0.2) is 0 Å². The van der Waals surface area contributed by atoms with Crippen molar-refractivity contribution in [2.45, 2.75) is 0 Å². The van der Waals surface area contributed by atoms with Gasteiger partial charge in [0.05, 0.1) is 0 Å². The third kappa shape index (κ3) is 4.16. The van der Waals surface area contributed by atoms with Gasteiger partial charge in [-0.05, 0) is 100 Å². The largest absolute Gasteiger partial charge is 0.455 e. The molecule has 0 aliphatic heterocycles. The van der Waals surface area contributed by atoms with E-state index in [4.69, 9.17) is 4.42 Å². The van der Waals surface area contributed by atoms with Gasteiger partial charge in [0.15, 0.2) is 0 Å². The highest BCUT2D eigenvalue weighted by molar-refractivity contribution is 6.29. The topological polar surface area (TPSA) is 13.1 Å². The van der Waals surface area contributed by atoms with Gasteiger partial charge in [-0.15, -0.1) is 0 Å². The summed E-state index contributed by atoms with van der Waals surface area (Å²) in [7, 11) is 0. The number of hydrogen-bond acceptors (Lipinski definition) is 1. The van der Waals surface area contributed by atoms with Crippen LogP contribution in [0.15, 0.2) is 186 Å². The molecule has 0 aliphatic carbocycles. The summed E-state index contributed by atoms with van der Waals surface area (Å²) in [6.45, 7) is 0. The molecule has 10 aromatic carbocycles. The van der Waals surface area contributed by atoms with Crippen LogP contribution < -0.4 is 0 Å². The van der Waals surface area contributed by atoms with Crippen molar-refractivity contribution < 1.29 is 4.42 Å². The molecule has 11 rings (SSSR count). The van der Waals surface area contributed by atoms with Crippen molar-refractivity contribution in [2.24, 2.45) is 0 Å². The first-order valence-electron chi connectivity index (χ1n) is 17.6. The lowest BCUT2D eigenvalue weighted by Crippen LogP contribution is -1.93. The van der Waals surface area contributed by atoms with E-state index >= 15 is 0 Å². The summed E-state index contributed by atoms with van der Waals surface area (Å²) in [6.07, 6.45) is 0. The van der Waals surface area contributed by atoms with Crippen LogP contribution in [0.5, 0.6) is 0 Å². The third-order valence-corrected chi connectivity index (χ3v) is 10.8. The normalized spacial score (nSPS) is 11.9. The maximum absolute atomic E-state index is 6.72. The Morgan fingerprint density at radius 1 is 0.294 bits per heavy atom. The summed E-state index contributed by atoms with van der Waals surface area (Å²) < 4.78 is 6.72. The number of fused-ring (bicyclic) bond motifs is 10. The second-order valence-electron chi connectivity index (χ2n) is 13.6. The standard InChI is InChI=1S/C50H30O/c1-2-12-31(13-3-1)34-26-28-42-45(30-34)48(43-22-11-23-46-49(43)44-29-25-33-15-5-7-17-36(33)50(44)51-46)41-19-9-8-18-40(41)47(42)39-21-10-20-37-35-16-6-4-14-32(35)24-27-38(37)39/h1-30H. The Balaban J connectivity index is 1.31. The molecule has 11 aromatic rings. The number of hydrogen-bond donors (Lipinski definition) is 0. The maximum atomic E-state index is 6.72. The smallest absolute Gasteiger partial charge is 0.143 e. The monoisotopic (exact) mass is 646 g/mol. The second kappa shape index (κ2) is 10.9. The van der Waals surface area contributed by atoms with Gasteiger partial charge in [-0.3, -0.25) is 0 Å². The predicted molar refractivity (Wildman–Crippen MR) is 218 cm³/mol. The average molecular weight is 647 g/mol. The van der Waals surface area contributed by atoms with Crippen LogP contribution >= 0.6 is 0 Å². The zero-order valence-electron chi connectivity index (χ0n) is 27.7. The molecule has 0 unspecified atom stereocenters. The molecule has 0 bridgehead atoms. The second-order valence-corrected chi connectivity index (χ2v) is 13.6. The van der Waals surface area contributed by atoms with Crippen LogP contribution in [0, 0.1) is 0 Å². The van der Waals surface area contributed by atoms with Gasteiger partial charge >= 0.3 is 0 Å². The lowest BCUT2D eigenvalue weighted by Gasteiger charge is -2.20. The van der Waals surface area contributed by atoms with Crippen LogP contribution in [0.25, 0.3) is 109 Å². The molecule has 0 amide bonds. The van der Waals surface area contributed by atoms with Crippen LogP contribution in [-0.4, -0.2) is 0 Å². The zero-order chi connectivity index (χ0) is 33.5. The molecule has 1 nitrogen and oxygen atoms in total. The van der Waals surface area contributed by atoms with Gasteiger partial charge in [0.2, 0.25) is 0 Å². The summed E-state index contributed by atoms with van der Waals surface area (Å²) in [4.78, 5) is 0. The molecule has 0 radical (unpaired) electrons. The Morgan fingerprint density at radius 3 is 1.67 bits per heavy atom. The predicted octanol–water partition coefficient (Wildman–Crippen LogP) is 14.4. The molecule has 0 N–H and O–H groups in total. The molecular formula is C50H30O. The molecule has 0 saturated heterocycles. The first kappa shape index (κ1) is 28.2. The average Bonchev–Trinajstić information content (AvgIpc) is 3.60. The van der Waals surface area contributed by atoms with Crippen LogP contribution in [0.2, 0.25) is 0 Å². The van der Waals surface area contributed by atoms with E-state index in [-0.39, 0.29) is 0 Å². The van der Waals surface area contributed by atoms with E-state index in [1.807, 2.05) is 0 Å². The minimum absolute atomic E-state index is 0.903. The van der Waals surface area contributed by atoms with E-state index in [9.17, 15) is 0 Å². The highest BCUT2D eigenvalue weighted by Crippen LogP contribution is 2.49. The van der Waals surface area contributed by atoms with E-state index < -0.39 is 0 Å². The fourth-order valence-corrected chi connectivity index (χ4v) is 8.59. The van der Waals surface area contributed by atoms with Crippen LogP contribution in [0.3, 0.4) is 0 Å². The fourth-order valence-electron chi connectivity index (χ4n) is 8.59. The molecule has 51 heavy (non-hydrogen) atoms. The molecule has 0 atom stereocenters. The molecule has 0 spiro atoms. The van der Waals surface area contributed by atoms with Gasteiger partial charge in [0.25, 0.3) is 0 Å². The van der Waals surface area contributed by atoms with Crippen molar-refractivity contribution >= 4 is 75.8 Å². The van der Waals surface area contributed by atoms with Gasteiger partial charge in [-0.2, -0.15) is 0 Å². The molecule has 1 heterocycles. The SMILES string of the molecule is c1ccc(-c2ccc3c(-c4cccc5c4ccc4ccccc45)c4ccccc4c(-c4cccc5oc6c7ccccc7ccc6c45)c3c2)cc1. The van der Waals surface area contributed by atoms with Crippen molar-refractivity contribution in [3.63, 3.8) is 0 Å². The number of benzene rings is 10. The fraction of sp³-hybridized carbons (Fsp3) is 0. The van der Waals surface area contributed by atoms with Gasteiger partial charge in [0, 0.05) is 16.2 Å². The van der Waals surface area contributed by atoms with Crippen molar-refractivity contribution in [3.05, 3.63) is 182 Å². The first-order valence-corrected chi connectivity index (χ1v) is 17.6.